The molecule has 0 atom stereocenters. The van der Waals surface area contributed by atoms with Crippen molar-refractivity contribution in [2.75, 3.05) is 0 Å². The topological polar surface area (TPSA) is 146 Å². The van der Waals surface area contributed by atoms with Crippen molar-refractivity contribution >= 4 is 56.0 Å². The van der Waals surface area contributed by atoms with Gasteiger partial charge in [-0.1, -0.05) is 13.2 Å². The van der Waals surface area contributed by atoms with E-state index in [2.05, 4.69) is 58.0 Å². The summed E-state index contributed by atoms with van der Waals surface area (Å²) in [5, 5.41) is 3.86. The van der Waals surface area contributed by atoms with Gasteiger partial charge in [-0.25, -0.2) is 19.9 Å². The van der Waals surface area contributed by atoms with Crippen LogP contribution in [0, 0.1) is 0 Å². The molecule has 40 heavy (non-hydrogen) atoms. The van der Waals surface area contributed by atoms with Gasteiger partial charge in [0.25, 0.3) is 0 Å². The van der Waals surface area contributed by atoms with E-state index in [1.807, 2.05) is 36.7 Å². The van der Waals surface area contributed by atoms with Crippen LogP contribution in [-0.2, 0) is 0 Å². The van der Waals surface area contributed by atoms with E-state index in [1.54, 1.807) is 24.5 Å². The van der Waals surface area contributed by atoms with Crippen LogP contribution < -0.4 is 9.47 Å². The molecule has 6 aromatic rings. The van der Waals surface area contributed by atoms with Gasteiger partial charge in [0.2, 0.25) is 23.5 Å². The zero-order valence-corrected chi connectivity index (χ0v) is 20.8. The van der Waals surface area contributed by atoms with E-state index >= 15 is 0 Å². The molecule has 11 nitrogen and oxygen atoms in total. The smallest absolute Gasteiger partial charge is 0.232 e. The lowest BCUT2D eigenvalue weighted by Crippen LogP contribution is -1.90. The number of aromatic amines is 4. The van der Waals surface area contributed by atoms with Gasteiger partial charge in [-0.15, -0.1) is 0 Å². The Hall–Kier alpha value is -5.97. The number of pyridine rings is 2. The summed E-state index contributed by atoms with van der Waals surface area (Å²) in [6.45, 7) is 7.59. The number of H-pyrrole nitrogens is 4. The second-order valence-corrected chi connectivity index (χ2v) is 9.16. The van der Waals surface area contributed by atoms with Gasteiger partial charge in [0.1, 0.15) is 28.7 Å². The van der Waals surface area contributed by atoms with E-state index in [0.29, 0.717) is 34.6 Å². The number of nitrogens with one attached hydrogen (secondary N) is 4. The highest BCUT2D eigenvalue weighted by Gasteiger charge is 2.22. The Morgan fingerprint density at radius 3 is 1.62 bits per heavy atom. The Morgan fingerprint density at radius 1 is 0.650 bits per heavy atom. The van der Waals surface area contributed by atoms with Crippen LogP contribution in [0.25, 0.3) is 67.2 Å². The number of nitrogens with zero attached hydrogens (tertiary/aromatic N) is 5. The van der Waals surface area contributed by atoms with Crippen molar-refractivity contribution in [3.63, 3.8) is 0 Å². The van der Waals surface area contributed by atoms with E-state index in [1.165, 1.54) is 6.33 Å². The fraction of sp³-hybridized carbons (Fsp3) is 0. The number of rotatable bonds is 6. The summed E-state index contributed by atoms with van der Waals surface area (Å²) < 4.78 is 12.5. The quantitative estimate of drug-likeness (QED) is 0.192. The number of hydrogen-bond acceptors (Lipinski definition) is 7. The van der Waals surface area contributed by atoms with Crippen LogP contribution in [0.2, 0.25) is 0 Å². The molecule has 6 aromatic heterocycles. The summed E-state index contributed by atoms with van der Waals surface area (Å²) in [4.78, 5) is 35.4. The molecule has 0 spiro atoms. The summed E-state index contributed by atoms with van der Waals surface area (Å²) in [6, 6.07) is 7.85. The van der Waals surface area contributed by atoms with Gasteiger partial charge in [-0.2, -0.15) is 0 Å². The normalized spacial score (nSPS) is 11.7. The average molecular weight is 526 g/mol. The molecule has 192 valence electrons. The molecular formula is C29H19N9O2. The van der Waals surface area contributed by atoms with Gasteiger partial charge in [-0.3, -0.25) is 4.98 Å². The summed E-state index contributed by atoms with van der Waals surface area (Å²) in [7, 11) is 0. The van der Waals surface area contributed by atoms with Crippen molar-refractivity contribution in [3.05, 3.63) is 79.9 Å². The average Bonchev–Trinajstić information content (AvgIpc) is 3.78. The summed E-state index contributed by atoms with van der Waals surface area (Å²) in [5.74, 6) is 1.63. The standard InChI is InChI=1S/C29H19N9O2/c1-3-14-5-7-16-18-11-31-28(22(18)37-24(16)35-14)39-26-20-9-30-10-21(20)27(34-13-33-26)40-29-23-19(12-32-29)17-8-6-15(4-2)36-25(17)38-23/h3-13,31-32H,1-2H2,(H,35,37)(H,36,38). The highest BCUT2D eigenvalue weighted by Crippen LogP contribution is 2.41. The molecule has 4 N–H and O–H groups in total. The minimum atomic E-state index is 0.320. The van der Waals surface area contributed by atoms with Gasteiger partial charge in [0.15, 0.2) is 0 Å². The SMILES string of the molecule is C=Cc1ccc2c(n1)[nH]c1c(Oc3ncnc(Oc4[nH]cc5c4[nH]c4nc(C=C)ccc45)c4cncc3-4)[nH]cc12. The lowest BCUT2D eigenvalue weighted by molar-refractivity contribution is 0.453. The van der Waals surface area contributed by atoms with Crippen LogP contribution in [0.1, 0.15) is 11.4 Å². The fourth-order valence-corrected chi connectivity index (χ4v) is 4.98. The van der Waals surface area contributed by atoms with Gasteiger partial charge in [-0.05, 0) is 36.4 Å². The molecule has 0 saturated carbocycles. The van der Waals surface area contributed by atoms with E-state index in [9.17, 15) is 0 Å². The van der Waals surface area contributed by atoms with Gasteiger partial charge < -0.3 is 29.4 Å². The maximum absolute atomic E-state index is 6.26. The minimum absolute atomic E-state index is 0.320. The molecule has 0 saturated heterocycles. The molecule has 0 amide bonds. The first-order valence-electron chi connectivity index (χ1n) is 12.4. The van der Waals surface area contributed by atoms with Gasteiger partial charge in [0.05, 0.1) is 22.5 Å². The van der Waals surface area contributed by atoms with Crippen LogP contribution >= 0.6 is 0 Å². The first kappa shape index (κ1) is 22.1. The second kappa shape index (κ2) is 8.27. The molecule has 11 heteroatoms. The zero-order chi connectivity index (χ0) is 26.8. The second-order valence-electron chi connectivity index (χ2n) is 9.16. The molecule has 0 fully saturated rings. The predicted octanol–water partition coefficient (Wildman–Crippen LogP) is 6.56. The monoisotopic (exact) mass is 525 g/mol. The van der Waals surface area contributed by atoms with Crippen molar-refractivity contribution in [2.45, 2.75) is 0 Å². The molecule has 0 radical (unpaired) electrons. The summed E-state index contributed by atoms with van der Waals surface area (Å²) in [6.07, 6.45) is 11.9. The summed E-state index contributed by atoms with van der Waals surface area (Å²) >= 11 is 0. The Balaban J connectivity index is 1.15. The fourth-order valence-electron chi connectivity index (χ4n) is 4.98. The number of fused-ring (bicyclic) bond motifs is 7. The van der Waals surface area contributed by atoms with Crippen LogP contribution in [0.3, 0.4) is 0 Å². The third-order valence-corrected chi connectivity index (χ3v) is 6.91. The van der Waals surface area contributed by atoms with Crippen molar-refractivity contribution < 1.29 is 9.47 Å². The first-order valence-corrected chi connectivity index (χ1v) is 12.4. The van der Waals surface area contributed by atoms with E-state index < -0.39 is 0 Å². The Morgan fingerprint density at radius 2 is 1.15 bits per heavy atom. The predicted molar refractivity (Wildman–Crippen MR) is 153 cm³/mol. The van der Waals surface area contributed by atoms with Crippen LogP contribution in [0.4, 0.5) is 0 Å². The summed E-state index contributed by atoms with van der Waals surface area (Å²) in [5.41, 5.74) is 5.88. The Kier molecular flexibility index (Phi) is 4.56. The van der Waals surface area contributed by atoms with Crippen LogP contribution in [0.5, 0.6) is 23.5 Å². The lowest BCUT2D eigenvalue weighted by Gasteiger charge is -2.06. The van der Waals surface area contributed by atoms with E-state index in [0.717, 1.165) is 55.3 Å². The first-order chi connectivity index (χ1) is 19.7. The van der Waals surface area contributed by atoms with Crippen LogP contribution in [-0.4, -0.2) is 44.9 Å². The molecule has 0 bridgehead atoms. The van der Waals surface area contributed by atoms with Crippen molar-refractivity contribution in [2.24, 2.45) is 0 Å². The molecule has 8 rings (SSSR count). The Labute approximate surface area is 225 Å². The zero-order valence-electron chi connectivity index (χ0n) is 20.8. The highest BCUT2D eigenvalue weighted by atomic mass is 16.5. The third-order valence-electron chi connectivity index (χ3n) is 6.91. The van der Waals surface area contributed by atoms with Crippen LogP contribution in [0.15, 0.2) is 68.5 Å². The van der Waals surface area contributed by atoms with E-state index in [4.69, 9.17) is 9.47 Å². The molecule has 8 heterocycles. The highest BCUT2D eigenvalue weighted by molar-refractivity contribution is 6.09. The Bertz CT molecular complexity index is 2080. The maximum Gasteiger partial charge on any atom is 0.232 e. The third kappa shape index (κ3) is 3.21. The number of hydrogen-bond donors (Lipinski definition) is 4. The molecule has 0 unspecified atom stereocenters. The van der Waals surface area contributed by atoms with Crippen molar-refractivity contribution in [3.8, 4) is 34.6 Å². The molecule has 2 aliphatic heterocycles. The van der Waals surface area contributed by atoms with E-state index in [-0.39, 0.29) is 0 Å². The molecule has 0 aliphatic carbocycles. The molecule has 0 aromatic carbocycles. The number of aromatic nitrogens is 9. The van der Waals surface area contributed by atoms with Gasteiger partial charge in [0, 0.05) is 46.3 Å². The minimum Gasteiger partial charge on any atom is -0.420 e. The van der Waals surface area contributed by atoms with Gasteiger partial charge >= 0.3 is 0 Å². The molecule has 2 aliphatic rings. The maximum atomic E-state index is 6.26. The lowest BCUT2D eigenvalue weighted by atomic mass is 10.2. The molecular weight excluding hydrogens is 506 g/mol. The largest absolute Gasteiger partial charge is 0.420 e. The number of ether oxygens (including phenoxy) is 2. The van der Waals surface area contributed by atoms with Crippen molar-refractivity contribution in [1.29, 1.82) is 0 Å². The van der Waals surface area contributed by atoms with Crippen molar-refractivity contribution in [1.82, 2.24) is 44.9 Å².